The quantitative estimate of drug-likeness (QED) is 0.466. The summed E-state index contributed by atoms with van der Waals surface area (Å²) in [4.78, 5) is 0. The molecule has 0 amide bonds. The maximum atomic E-state index is 9.66. The predicted octanol–water partition coefficient (Wildman–Crippen LogP) is -1.66. The average Bonchev–Trinajstić information content (AvgIpc) is 1.14. The summed E-state index contributed by atoms with van der Waals surface area (Å²) in [6.45, 7) is 0. The van der Waals surface area contributed by atoms with E-state index in [9.17, 15) is 16.8 Å². The monoisotopic (exact) mass is 314 g/mol. The zero-order valence-electron chi connectivity index (χ0n) is 4.76. The first-order valence-corrected chi connectivity index (χ1v) is 4.83. The van der Waals surface area contributed by atoms with E-state index in [1.165, 1.54) is 0 Å². The van der Waals surface area contributed by atoms with E-state index in [-0.39, 0.29) is 48.9 Å². The van der Waals surface area contributed by atoms with Crippen molar-refractivity contribution in [3.63, 3.8) is 0 Å². The van der Waals surface area contributed by atoms with Crippen molar-refractivity contribution >= 4 is 69.1 Å². The van der Waals surface area contributed by atoms with Crippen molar-refractivity contribution in [3.05, 3.63) is 0 Å². The summed E-state index contributed by atoms with van der Waals surface area (Å²) in [5.74, 6) is 0. The van der Waals surface area contributed by atoms with Gasteiger partial charge in [-0.25, -0.2) is 0 Å². The molecule has 0 spiro atoms. The van der Waals surface area contributed by atoms with E-state index in [1.54, 1.807) is 0 Å². The number of hydrogen-bond acceptors (Lipinski definition) is 4. The minimum Gasteiger partial charge on any atom is -0.285 e. The Morgan fingerprint density at radius 1 is 0.900 bits per heavy atom. The van der Waals surface area contributed by atoms with Gasteiger partial charge in [-0.3, -0.25) is 9.11 Å². The Bertz CT molecular complexity index is 241. The van der Waals surface area contributed by atoms with Crippen molar-refractivity contribution in [3.8, 4) is 0 Å². The van der Waals surface area contributed by atoms with Crippen molar-refractivity contribution < 1.29 is 25.9 Å². The van der Waals surface area contributed by atoms with Gasteiger partial charge in [-0.15, -0.1) is 0 Å². The minimum absolute atomic E-state index is 0. The van der Waals surface area contributed by atoms with Crippen LogP contribution in [0.2, 0.25) is 0 Å². The molecule has 0 aliphatic carbocycles. The summed E-state index contributed by atoms with van der Waals surface area (Å²) in [6.07, 6.45) is 0. The second-order valence-corrected chi connectivity index (χ2v) is 4.55. The second-order valence-electron chi connectivity index (χ2n) is 1.28. The number of rotatable bonds is 2. The van der Waals surface area contributed by atoms with E-state index in [0.29, 0.717) is 0 Å². The van der Waals surface area contributed by atoms with Crippen LogP contribution in [0.25, 0.3) is 0 Å². The molecule has 0 heterocycles. The van der Waals surface area contributed by atoms with E-state index in [1.807, 2.05) is 0 Å². The van der Waals surface area contributed by atoms with Crippen LogP contribution in [-0.4, -0.2) is 79.9 Å². The third-order valence-corrected chi connectivity index (χ3v) is 2.68. The molecule has 0 aliphatic rings. The predicted molar refractivity (Wildman–Crippen MR) is 33.7 cm³/mol. The van der Waals surface area contributed by atoms with Gasteiger partial charge in [0, 0.05) is 0 Å². The molecule has 6 nitrogen and oxygen atoms in total. The Kier molecular flexibility index (Phi) is 6.17. The van der Waals surface area contributed by atoms with Gasteiger partial charge in [0.25, 0.3) is 20.2 Å². The minimum atomic E-state index is -4.62. The Labute approximate surface area is 98.6 Å². The smallest absolute Gasteiger partial charge is 0.285 e. The molecule has 0 saturated carbocycles. The fourth-order valence-electron chi connectivity index (χ4n) is 0.188. The molecule has 0 atom stereocenters. The van der Waals surface area contributed by atoms with Crippen LogP contribution in [0, 0.1) is 0 Å². The van der Waals surface area contributed by atoms with Gasteiger partial charge in [0.1, 0.15) is 0 Å². The van der Waals surface area contributed by atoms with Crippen molar-refractivity contribution in [1.82, 2.24) is 0 Å². The van der Waals surface area contributed by atoms with Crippen molar-refractivity contribution in [1.29, 1.82) is 0 Å². The molecule has 0 fully saturated rings. The Hall–Kier alpha value is 1.39. The summed E-state index contributed by atoms with van der Waals surface area (Å²) in [5, 5.41) is -1.65. The van der Waals surface area contributed by atoms with Crippen LogP contribution >= 0.6 is 0 Å². The van der Waals surface area contributed by atoms with Crippen molar-refractivity contribution in [2.75, 3.05) is 5.08 Å². The van der Waals surface area contributed by atoms with Crippen LogP contribution in [-0.2, 0) is 20.2 Å². The molecule has 0 aromatic heterocycles. The van der Waals surface area contributed by atoms with E-state index in [2.05, 4.69) is 0 Å². The largest absolute Gasteiger partial charge is 2.00 e. The summed E-state index contributed by atoms with van der Waals surface area (Å²) in [6, 6.07) is 0. The molecular formula is CH4BaO6S2+2. The zero-order chi connectivity index (χ0) is 7.71. The second kappa shape index (κ2) is 4.43. The standard InChI is InChI=1S/CH4O6S2.Ba/c2-8(3,4)1-9(5,6)7;/h1H2,(H,2,3,4)(H,5,6,7);/q;+2. The summed E-state index contributed by atoms with van der Waals surface area (Å²) >= 11 is 0. The van der Waals surface area contributed by atoms with Crippen LogP contribution in [0.1, 0.15) is 0 Å². The molecule has 9 heteroatoms. The van der Waals surface area contributed by atoms with E-state index in [0.717, 1.165) is 0 Å². The Balaban J connectivity index is 0. The Morgan fingerprint density at radius 2 is 1.10 bits per heavy atom. The van der Waals surface area contributed by atoms with E-state index < -0.39 is 25.3 Å². The first-order valence-electron chi connectivity index (χ1n) is 1.61. The summed E-state index contributed by atoms with van der Waals surface area (Å²) in [5.41, 5.74) is 0. The molecule has 0 saturated heterocycles. The molecule has 0 rings (SSSR count). The molecule has 0 bridgehead atoms. The van der Waals surface area contributed by atoms with Gasteiger partial charge in [-0.1, -0.05) is 0 Å². The molecular weight excluding hydrogens is 309 g/mol. The fourth-order valence-corrected chi connectivity index (χ4v) is 1.69. The molecule has 0 unspecified atom stereocenters. The maximum Gasteiger partial charge on any atom is 2.00 e. The van der Waals surface area contributed by atoms with Crippen LogP contribution < -0.4 is 0 Å². The van der Waals surface area contributed by atoms with Gasteiger partial charge in [0.15, 0.2) is 0 Å². The first-order chi connectivity index (χ1) is 3.71. The third-order valence-electron chi connectivity index (χ3n) is 0.298. The van der Waals surface area contributed by atoms with E-state index in [4.69, 9.17) is 9.11 Å². The van der Waals surface area contributed by atoms with Crippen LogP contribution in [0.15, 0.2) is 0 Å². The number of hydrogen-bond donors (Lipinski definition) is 2. The topological polar surface area (TPSA) is 109 Å². The first kappa shape index (κ1) is 13.9. The molecule has 0 radical (unpaired) electrons. The van der Waals surface area contributed by atoms with Gasteiger partial charge in [-0.05, 0) is 0 Å². The van der Waals surface area contributed by atoms with Crippen LogP contribution in [0.4, 0.5) is 0 Å². The average molecular weight is 313 g/mol. The molecule has 0 aliphatic heterocycles. The van der Waals surface area contributed by atoms with Gasteiger partial charge in [-0.2, -0.15) is 16.8 Å². The molecule has 2 N–H and O–H groups in total. The van der Waals surface area contributed by atoms with E-state index >= 15 is 0 Å². The van der Waals surface area contributed by atoms with Gasteiger partial charge < -0.3 is 0 Å². The molecule has 10 heavy (non-hydrogen) atoms. The zero-order valence-corrected chi connectivity index (χ0v) is 10.8. The summed E-state index contributed by atoms with van der Waals surface area (Å²) in [7, 11) is -9.24. The van der Waals surface area contributed by atoms with Gasteiger partial charge in [0.05, 0.1) is 0 Å². The van der Waals surface area contributed by atoms with Crippen molar-refractivity contribution in [2.24, 2.45) is 0 Å². The molecule has 0 aromatic carbocycles. The fraction of sp³-hybridized carbons (Fsp3) is 1.00. The Morgan fingerprint density at radius 3 is 1.10 bits per heavy atom. The maximum absolute atomic E-state index is 9.66. The van der Waals surface area contributed by atoms with Gasteiger partial charge in [0.2, 0.25) is 5.08 Å². The summed E-state index contributed by atoms with van der Waals surface area (Å²) < 4.78 is 54.2. The van der Waals surface area contributed by atoms with Crippen LogP contribution in [0.3, 0.4) is 0 Å². The molecule has 56 valence electrons. The normalized spacial score (nSPS) is 12.2. The molecule has 0 aromatic rings. The van der Waals surface area contributed by atoms with Gasteiger partial charge >= 0.3 is 48.9 Å². The third kappa shape index (κ3) is 12.1. The SMILES string of the molecule is O=S(=O)(O)CS(=O)(=O)O.[Ba+2]. The van der Waals surface area contributed by atoms with Crippen molar-refractivity contribution in [2.45, 2.75) is 0 Å². The van der Waals surface area contributed by atoms with Crippen LogP contribution in [0.5, 0.6) is 0 Å².